The lowest BCUT2D eigenvalue weighted by Gasteiger charge is -2.41. The SMILES string of the molecule is COc1cc(C=C[C@H]2C3=CC[C@@H]4C(=O)N(c5ccc([N+](=O)[O-])cc5)C(=O)[C@@H]4[C@@H]3CC3=C2C(=O)C=C(C)C3=O)cc(OC)c1O. The number of imide groups is 1. The zero-order chi connectivity index (χ0) is 31.4. The normalized spacial score (nSPS) is 24.6. The Labute approximate surface area is 251 Å². The minimum atomic E-state index is -0.773. The number of anilines is 1. The number of methoxy groups -OCH3 is 2. The predicted octanol–water partition coefficient (Wildman–Crippen LogP) is 4.50. The number of aromatic hydroxyl groups is 1. The molecule has 2 amide bonds. The third-order valence-corrected chi connectivity index (χ3v) is 8.91. The second-order valence-electron chi connectivity index (χ2n) is 11.2. The van der Waals surface area contributed by atoms with Crippen LogP contribution in [-0.4, -0.2) is 47.6 Å². The molecule has 3 aliphatic carbocycles. The van der Waals surface area contributed by atoms with Crippen LogP contribution < -0.4 is 14.4 Å². The number of phenolic OH excluding ortho intramolecular Hbond substituents is 1. The maximum atomic E-state index is 13.9. The average molecular weight is 597 g/mol. The Kier molecular flexibility index (Phi) is 7.03. The van der Waals surface area contributed by atoms with Gasteiger partial charge in [-0.1, -0.05) is 23.8 Å². The average Bonchev–Trinajstić information content (AvgIpc) is 3.27. The lowest BCUT2D eigenvalue weighted by atomic mass is 9.60. The molecule has 6 rings (SSSR count). The predicted molar refractivity (Wildman–Crippen MR) is 158 cm³/mol. The van der Waals surface area contributed by atoms with E-state index in [2.05, 4.69) is 0 Å². The smallest absolute Gasteiger partial charge is 0.269 e. The molecule has 4 atom stereocenters. The van der Waals surface area contributed by atoms with E-state index < -0.39 is 40.4 Å². The van der Waals surface area contributed by atoms with E-state index in [9.17, 15) is 34.4 Å². The number of nitrogens with zero attached hydrogens (tertiary/aromatic N) is 2. The van der Waals surface area contributed by atoms with Crippen LogP contribution >= 0.6 is 0 Å². The minimum absolute atomic E-state index is 0.135. The van der Waals surface area contributed by atoms with Crippen LogP contribution in [0, 0.1) is 33.8 Å². The van der Waals surface area contributed by atoms with Gasteiger partial charge in [-0.15, -0.1) is 0 Å². The van der Waals surface area contributed by atoms with Crippen molar-refractivity contribution in [3.8, 4) is 17.2 Å². The Morgan fingerprint density at radius 1 is 1.00 bits per heavy atom. The molecule has 1 fully saturated rings. The second-order valence-corrected chi connectivity index (χ2v) is 11.2. The van der Waals surface area contributed by atoms with Crippen molar-refractivity contribution in [2.24, 2.45) is 23.7 Å². The number of rotatable bonds is 6. The van der Waals surface area contributed by atoms with Gasteiger partial charge in [-0.05, 0) is 61.6 Å². The Bertz CT molecular complexity index is 1760. The molecule has 1 N–H and O–H groups in total. The summed E-state index contributed by atoms with van der Waals surface area (Å²) in [5, 5.41) is 21.5. The van der Waals surface area contributed by atoms with Crippen LogP contribution in [0.5, 0.6) is 17.2 Å². The monoisotopic (exact) mass is 596 g/mol. The maximum absolute atomic E-state index is 13.9. The Morgan fingerprint density at radius 2 is 1.66 bits per heavy atom. The standard InChI is InChI=1S/C33H28N2O9/c1-16-12-25(36)28-21(9-4-17-13-26(43-2)31(38)27(14-17)44-3)20-10-11-22-29(23(20)15-24(28)30(16)37)33(40)34(32(22)39)18-5-7-19(8-6-18)35(41)42/h4-10,12-14,21-23,29,38H,11,15H2,1-3H3/t21-,22-,23+,29-/m0/s1. The summed E-state index contributed by atoms with van der Waals surface area (Å²) in [4.78, 5) is 66.0. The summed E-state index contributed by atoms with van der Waals surface area (Å²) in [6.07, 6.45) is 7.15. The molecule has 1 heterocycles. The summed E-state index contributed by atoms with van der Waals surface area (Å²) in [7, 11) is 2.82. The Balaban J connectivity index is 1.41. The van der Waals surface area contributed by atoms with E-state index >= 15 is 0 Å². The first kappa shape index (κ1) is 28.8. The van der Waals surface area contributed by atoms with Gasteiger partial charge in [-0.25, -0.2) is 0 Å². The van der Waals surface area contributed by atoms with Crippen molar-refractivity contribution in [3.05, 3.63) is 92.6 Å². The number of amides is 2. The van der Waals surface area contributed by atoms with Crippen molar-refractivity contribution in [3.63, 3.8) is 0 Å². The fourth-order valence-corrected chi connectivity index (χ4v) is 6.86. The van der Waals surface area contributed by atoms with Gasteiger partial charge in [0.25, 0.3) is 5.69 Å². The lowest BCUT2D eigenvalue weighted by molar-refractivity contribution is -0.384. The summed E-state index contributed by atoms with van der Waals surface area (Å²) in [5.41, 5.74) is 2.45. The van der Waals surface area contributed by atoms with Crippen LogP contribution in [0.4, 0.5) is 11.4 Å². The second kappa shape index (κ2) is 10.7. The number of hydrogen-bond donors (Lipinski definition) is 1. The van der Waals surface area contributed by atoms with Gasteiger partial charge in [0.2, 0.25) is 17.6 Å². The molecule has 1 aliphatic heterocycles. The number of ketones is 2. The van der Waals surface area contributed by atoms with Crippen LogP contribution in [0.3, 0.4) is 0 Å². The molecule has 224 valence electrons. The fourth-order valence-electron chi connectivity index (χ4n) is 6.86. The molecule has 0 bridgehead atoms. The highest BCUT2D eigenvalue weighted by Crippen LogP contribution is 2.53. The first-order valence-electron chi connectivity index (χ1n) is 14.0. The zero-order valence-corrected chi connectivity index (χ0v) is 24.1. The van der Waals surface area contributed by atoms with Crippen LogP contribution in [0.1, 0.15) is 25.3 Å². The molecule has 0 spiro atoms. The number of nitro groups is 1. The molecule has 4 aliphatic rings. The van der Waals surface area contributed by atoms with E-state index in [1.54, 1.807) is 31.2 Å². The topological polar surface area (TPSA) is 153 Å². The van der Waals surface area contributed by atoms with Gasteiger partial charge in [-0.2, -0.15) is 0 Å². The Hall–Kier alpha value is -5.32. The zero-order valence-electron chi connectivity index (χ0n) is 24.1. The van der Waals surface area contributed by atoms with Gasteiger partial charge in [-0.3, -0.25) is 34.2 Å². The van der Waals surface area contributed by atoms with Crippen LogP contribution in [0.2, 0.25) is 0 Å². The number of fused-ring (bicyclic) bond motifs is 3. The first-order chi connectivity index (χ1) is 21.0. The summed E-state index contributed by atoms with van der Waals surface area (Å²) in [5.74, 6) is -3.78. The number of hydrogen-bond acceptors (Lipinski definition) is 9. The van der Waals surface area contributed by atoms with E-state index in [1.165, 1.54) is 44.6 Å². The van der Waals surface area contributed by atoms with Crippen LogP contribution in [-0.2, 0) is 19.2 Å². The van der Waals surface area contributed by atoms with Crippen molar-refractivity contribution in [2.75, 3.05) is 19.1 Å². The van der Waals surface area contributed by atoms with Crippen LogP contribution in [0.15, 0.2) is 76.9 Å². The third kappa shape index (κ3) is 4.43. The highest BCUT2D eigenvalue weighted by molar-refractivity contribution is 6.24. The Morgan fingerprint density at radius 3 is 2.27 bits per heavy atom. The highest BCUT2D eigenvalue weighted by Gasteiger charge is 2.56. The maximum Gasteiger partial charge on any atom is 0.269 e. The third-order valence-electron chi connectivity index (χ3n) is 8.91. The molecule has 0 unspecified atom stereocenters. The molecule has 11 nitrogen and oxygen atoms in total. The van der Waals surface area contributed by atoms with E-state index in [1.807, 2.05) is 6.08 Å². The number of phenols is 1. The minimum Gasteiger partial charge on any atom is -0.502 e. The van der Waals surface area contributed by atoms with Crippen molar-refractivity contribution in [1.29, 1.82) is 0 Å². The lowest BCUT2D eigenvalue weighted by Crippen LogP contribution is -2.40. The molecule has 2 aromatic carbocycles. The molecular weight excluding hydrogens is 568 g/mol. The van der Waals surface area contributed by atoms with Crippen molar-refractivity contribution < 1.29 is 38.7 Å². The van der Waals surface area contributed by atoms with Crippen molar-refractivity contribution >= 4 is 40.8 Å². The van der Waals surface area contributed by atoms with E-state index in [4.69, 9.17) is 9.47 Å². The van der Waals surface area contributed by atoms with Crippen molar-refractivity contribution in [1.82, 2.24) is 0 Å². The van der Waals surface area contributed by atoms with Gasteiger partial charge in [0.1, 0.15) is 0 Å². The molecule has 11 heteroatoms. The fraction of sp³-hybridized carbons (Fsp3) is 0.273. The van der Waals surface area contributed by atoms with Gasteiger partial charge in [0, 0.05) is 34.8 Å². The molecule has 0 aromatic heterocycles. The summed E-state index contributed by atoms with van der Waals surface area (Å²) >= 11 is 0. The molecular formula is C33H28N2O9. The van der Waals surface area contributed by atoms with Gasteiger partial charge in [0.05, 0.1) is 36.7 Å². The number of benzene rings is 2. The number of carbonyl (C=O) groups excluding carboxylic acids is 4. The molecule has 0 saturated carbocycles. The number of nitro benzene ring substituents is 1. The number of carbonyl (C=O) groups is 4. The summed E-state index contributed by atoms with van der Waals surface area (Å²) in [6.45, 7) is 1.58. The van der Waals surface area contributed by atoms with E-state index in [0.717, 1.165) is 10.5 Å². The van der Waals surface area contributed by atoms with Gasteiger partial charge < -0.3 is 14.6 Å². The molecule has 44 heavy (non-hydrogen) atoms. The molecule has 0 radical (unpaired) electrons. The first-order valence-corrected chi connectivity index (χ1v) is 14.0. The number of ether oxygens (including phenoxy) is 2. The summed E-state index contributed by atoms with van der Waals surface area (Å²) < 4.78 is 10.5. The molecule has 2 aromatic rings. The number of Topliss-reactive ketones (excluding diaryl/α,β-unsaturated/α-hetero) is 1. The number of non-ortho nitro benzene ring substituents is 1. The van der Waals surface area contributed by atoms with Crippen LogP contribution in [0.25, 0.3) is 6.08 Å². The van der Waals surface area contributed by atoms with Crippen molar-refractivity contribution in [2.45, 2.75) is 19.8 Å². The quantitative estimate of drug-likeness (QED) is 0.167. The molecule has 1 saturated heterocycles. The van der Waals surface area contributed by atoms with E-state index in [0.29, 0.717) is 22.3 Å². The summed E-state index contributed by atoms with van der Waals surface area (Å²) in [6, 6.07) is 8.46. The largest absolute Gasteiger partial charge is 0.502 e. The van der Waals surface area contributed by atoms with Gasteiger partial charge >= 0.3 is 0 Å². The highest BCUT2D eigenvalue weighted by atomic mass is 16.6. The van der Waals surface area contributed by atoms with E-state index in [-0.39, 0.29) is 53.0 Å². The van der Waals surface area contributed by atoms with Gasteiger partial charge in [0.15, 0.2) is 23.1 Å². The number of allylic oxidation sites excluding steroid dienone is 7.